The third-order valence-corrected chi connectivity index (χ3v) is 1.75. The molecule has 0 aliphatic heterocycles. The molecule has 0 saturated carbocycles. The maximum atomic E-state index is 11.8. The number of nitrogens with one attached hydrogen (secondary N) is 1. The predicted octanol–water partition coefficient (Wildman–Crippen LogP) is 0.350. The molecule has 0 bridgehead atoms. The smallest absolute Gasteiger partial charge is 0.364 e. The molecule has 3 N–H and O–H groups in total. The Labute approximate surface area is 94.8 Å². The Balaban J connectivity index is 2.62. The lowest BCUT2D eigenvalue weighted by molar-refractivity contribution is -0.177. The van der Waals surface area contributed by atoms with Crippen LogP contribution in [0.2, 0.25) is 0 Å². The highest BCUT2D eigenvalue weighted by molar-refractivity contribution is 5.02. The summed E-state index contributed by atoms with van der Waals surface area (Å²) >= 11 is 0. The molecule has 0 amide bonds. The largest absolute Gasteiger partial charge is 0.411 e. The zero-order valence-corrected chi connectivity index (χ0v) is 8.88. The molecule has 0 atom stereocenters. The van der Waals surface area contributed by atoms with E-state index in [1.807, 2.05) is 0 Å². The van der Waals surface area contributed by atoms with E-state index < -0.39 is 24.9 Å². The molecule has 1 heterocycles. The van der Waals surface area contributed by atoms with Gasteiger partial charge < -0.3 is 15.5 Å². The van der Waals surface area contributed by atoms with Gasteiger partial charge in [-0.1, -0.05) is 0 Å². The Morgan fingerprint density at radius 2 is 2.18 bits per heavy atom. The second kappa shape index (κ2) is 5.78. The van der Waals surface area contributed by atoms with E-state index in [0.717, 1.165) is 0 Å². The summed E-state index contributed by atoms with van der Waals surface area (Å²) in [4.78, 5) is 17.3. The van der Waals surface area contributed by atoms with Crippen molar-refractivity contribution in [2.75, 3.05) is 13.2 Å². The number of hydrogen-bond acceptors (Lipinski definition) is 4. The minimum Gasteiger partial charge on any atom is -0.364 e. The minimum absolute atomic E-state index is 0.0604. The van der Waals surface area contributed by atoms with Crippen LogP contribution in [0, 0.1) is 0 Å². The molecule has 8 heteroatoms. The second-order valence-corrected chi connectivity index (χ2v) is 3.33. The summed E-state index contributed by atoms with van der Waals surface area (Å²) in [5, 5.41) is 0. The summed E-state index contributed by atoms with van der Waals surface area (Å²) in [6.07, 6.45) is -4.01. The van der Waals surface area contributed by atoms with Gasteiger partial charge in [-0.2, -0.15) is 13.2 Å². The molecule has 96 valence electrons. The van der Waals surface area contributed by atoms with Crippen LogP contribution in [-0.2, 0) is 17.8 Å². The molecule has 17 heavy (non-hydrogen) atoms. The normalized spacial score (nSPS) is 11.8. The van der Waals surface area contributed by atoms with Gasteiger partial charge in [0.05, 0.1) is 0 Å². The lowest BCUT2D eigenvalue weighted by Crippen LogP contribution is -2.19. The lowest BCUT2D eigenvalue weighted by atomic mass is 10.3. The molecule has 1 rings (SSSR count). The van der Waals surface area contributed by atoms with Crippen molar-refractivity contribution in [3.63, 3.8) is 0 Å². The van der Waals surface area contributed by atoms with E-state index in [1.54, 1.807) is 0 Å². The molecule has 0 radical (unpaired) electrons. The van der Waals surface area contributed by atoms with Crippen LogP contribution in [0.4, 0.5) is 13.2 Å². The van der Waals surface area contributed by atoms with Gasteiger partial charge in [-0.3, -0.25) is 4.79 Å². The molecule has 0 aromatic carbocycles. The van der Waals surface area contributed by atoms with Crippen molar-refractivity contribution in [2.24, 2.45) is 5.73 Å². The number of hydrogen-bond donors (Lipinski definition) is 2. The highest BCUT2D eigenvalue weighted by atomic mass is 19.4. The fraction of sp³-hybridized carbons (Fsp3) is 0.556. The zero-order valence-electron chi connectivity index (χ0n) is 8.88. The maximum absolute atomic E-state index is 11.8. The number of aromatic amines is 1. The standard InChI is InChI=1S/C9H12F3N3O2/c10-9(11,12)5-17-4-7-14-6(1-2-13)3-8(16)15-7/h3H,1-2,4-5,13H2,(H,14,15,16). The third-order valence-electron chi connectivity index (χ3n) is 1.75. The fourth-order valence-corrected chi connectivity index (χ4v) is 1.17. The van der Waals surface area contributed by atoms with Crippen LogP contribution in [0.1, 0.15) is 11.5 Å². The van der Waals surface area contributed by atoms with Crippen LogP contribution >= 0.6 is 0 Å². The first-order chi connectivity index (χ1) is 7.90. The SMILES string of the molecule is NCCc1cc(=O)[nH]c(COCC(F)(F)F)n1. The topological polar surface area (TPSA) is 81.0 Å². The molecular weight excluding hydrogens is 239 g/mol. The number of nitrogens with zero attached hydrogens (tertiary/aromatic N) is 1. The van der Waals surface area contributed by atoms with E-state index in [0.29, 0.717) is 18.7 Å². The van der Waals surface area contributed by atoms with Crippen LogP contribution in [0.25, 0.3) is 0 Å². The predicted molar refractivity (Wildman–Crippen MR) is 53.3 cm³/mol. The molecule has 0 fully saturated rings. The Hall–Kier alpha value is -1.41. The van der Waals surface area contributed by atoms with Crippen LogP contribution in [0.5, 0.6) is 0 Å². The Kier molecular flexibility index (Phi) is 4.64. The van der Waals surface area contributed by atoms with Crippen LogP contribution in [-0.4, -0.2) is 29.3 Å². The summed E-state index contributed by atoms with van der Waals surface area (Å²) in [5.74, 6) is 0.0604. The van der Waals surface area contributed by atoms with Gasteiger partial charge in [0.2, 0.25) is 0 Å². The quantitative estimate of drug-likeness (QED) is 0.791. The van der Waals surface area contributed by atoms with E-state index >= 15 is 0 Å². The van der Waals surface area contributed by atoms with Crippen molar-refractivity contribution >= 4 is 0 Å². The lowest BCUT2D eigenvalue weighted by Gasteiger charge is -2.07. The molecule has 5 nitrogen and oxygen atoms in total. The summed E-state index contributed by atoms with van der Waals surface area (Å²) in [5.41, 5.74) is 5.28. The number of H-pyrrole nitrogens is 1. The molecule has 0 unspecified atom stereocenters. The monoisotopic (exact) mass is 251 g/mol. The number of nitrogens with two attached hydrogens (primary N) is 1. The average molecular weight is 251 g/mol. The summed E-state index contributed by atoms with van der Waals surface area (Å²) < 4.78 is 39.8. The van der Waals surface area contributed by atoms with Crippen molar-refractivity contribution < 1.29 is 17.9 Å². The summed E-state index contributed by atoms with van der Waals surface area (Å²) in [6, 6.07) is 1.25. The van der Waals surface area contributed by atoms with Crippen LogP contribution in [0.15, 0.2) is 10.9 Å². The van der Waals surface area contributed by atoms with E-state index in [1.165, 1.54) is 6.07 Å². The van der Waals surface area contributed by atoms with E-state index in [4.69, 9.17) is 5.73 Å². The first-order valence-electron chi connectivity index (χ1n) is 4.84. The van der Waals surface area contributed by atoms with Crippen LogP contribution < -0.4 is 11.3 Å². The van der Waals surface area contributed by atoms with Gasteiger partial charge in [0.25, 0.3) is 5.56 Å². The number of halogens is 3. The first kappa shape index (κ1) is 13.7. The first-order valence-corrected chi connectivity index (χ1v) is 4.84. The van der Waals surface area contributed by atoms with Gasteiger partial charge in [-0.15, -0.1) is 0 Å². The van der Waals surface area contributed by atoms with Crippen LogP contribution in [0.3, 0.4) is 0 Å². The Bertz CT molecular complexity index is 417. The molecule has 0 aliphatic rings. The molecular formula is C9H12F3N3O2. The van der Waals surface area contributed by atoms with Crippen molar-refractivity contribution in [2.45, 2.75) is 19.2 Å². The molecule has 0 aliphatic carbocycles. The highest BCUT2D eigenvalue weighted by Crippen LogP contribution is 2.14. The van der Waals surface area contributed by atoms with Gasteiger partial charge in [0.1, 0.15) is 19.0 Å². The molecule has 0 spiro atoms. The minimum atomic E-state index is -4.39. The molecule has 0 saturated heterocycles. The summed E-state index contributed by atoms with van der Waals surface area (Å²) in [7, 11) is 0. The summed E-state index contributed by atoms with van der Waals surface area (Å²) in [6.45, 7) is -1.47. The van der Waals surface area contributed by atoms with E-state index in [-0.39, 0.29) is 5.82 Å². The van der Waals surface area contributed by atoms with Gasteiger partial charge in [0, 0.05) is 18.2 Å². The molecule has 1 aromatic heterocycles. The number of alkyl halides is 3. The van der Waals surface area contributed by atoms with Gasteiger partial charge in [0.15, 0.2) is 0 Å². The fourth-order valence-electron chi connectivity index (χ4n) is 1.17. The van der Waals surface area contributed by atoms with Gasteiger partial charge in [-0.05, 0) is 6.54 Å². The zero-order chi connectivity index (χ0) is 12.9. The molecule has 1 aromatic rings. The van der Waals surface area contributed by atoms with Crippen molar-refractivity contribution in [3.8, 4) is 0 Å². The second-order valence-electron chi connectivity index (χ2n) is 3.33. The maximum Gasteiger partial charge on any atom is 0.411 e. The van der Waals surface area contributed by atoms with E-state index in [2.05, 4.69) is 14.7 Å². The van der Waals surface area contributed by atoms with Crippen molar-refractivity contribution in [3.05, 3.63) is 27.9 Å². The van der Waals surface area contributed by atoms with Crippen molar-refractivity contribution in [1.82, 2.24) is 9.97 Å². The Morgan fingerprint density at radius 3 is 2.76 bits per heavy atom. The van der Waals surface area contributed by atoms with Crippen molar-refractivity contribution in [1.29, 1.82) is 0 Å². The van der Waals surface area contributed by atoms with Gasteiger partial charge in [-0.25, -0.2) is 4.98 Å². The number of rotatable bonds is 5. The number of ether oxygens (including phenoxy) is 1. The Morgan fingerprint density at radius 1 is 1.47 bits per heavy atom. The number of aromatic nitrogens is 2. The highest BCUT2D eigenvalue weighted by Gasteiger charge is 2.27. The van der Waals surface area contributed by atoms with Gasteiger partial charge >= 0.3 is 6.18 Å². The van der Waals surface area contributed by atoms with E-state index in [9.17, 15) is 18.0 Å². The third kappa shape index (κ3) is 5.45. The average Bonchev–Trinajstić information content (AvgIpc) is 2.15.